The van der Waals surface area contributed by atoms with Gasteiger partial charge in [-0.2, -0.15) is 0 Å². The number of hydrogen-bond donors (Lipinski definition) is 1. The highest BCUT2D eigenvalue weighted by Crippen LogP contribution is 2.28. The Balaban J connectivity index is 1.97. The number of benzene rings is 2. The normalized spacial score (nSPS) is 12.2. The molecule has 3 nitrogen and oxygen atoms in total. The van der Waals surface area contributed by atoms with Gasteiger partial charge in [0.2, 0.25) is 0 Å². The van der Waals surface area contributed by atoms with Crippen LogP contribution in [-0.2, 0) is 6.54 Å². The summed E-state index contributed by atoms with van der Waals surface area (Å²) in [5, 5.41) is 3.54. The van der Waals surface area contributed by atoms with Crippen LogP contribution in [0.1, 0.15) is 37.9 Å². The topological polar surface area (TPSA) is 30.5 Å². The molecule has 0 aliphatic rings. The van der Waals surface area contributed by atoms with Gasteiger partial charge in [0.15, 0.2) is 11.5 Å². The first-order valence-electron chi connectivity index (χ1n) is 8.18. The molecule has 0 heterocycles. The summed E-state index contributed by atoms with van der Waals surface area (Å²) in [5.41, 5.74) is 2.47. The number of nitrogens with one attached hydrogen (secondary N) is 1. The molecular weight excluding hydrogens is 286 g/mol. The number of methoxy groups -OCH3 is 1. The fourth-order valence-corrected chi connectivity index (χ4v) is 2.33. The highest BCUT2D eigenvalue weighted by Gasteiger charge is 2.08. The molecule has 0 radical (unpaired) electrons. The highest BCUT2D eigenvalue weighted by atomic mass is 16.5. The standard InChI is InChI=1S/C20H27NO2/c1-15(2)14-23-19-11-10-17(12-20(19)22-4)13-21-16(3)18-8-6-5-7-9-18/h5-12,15-16,21H,13-14H2,1-4H3. The van der Waals surface area contributed by atoms with Gasteiger partial charge in [-0.15, -0.1) is 0 Å². The lowest BCUT2D eigenvalue weighted by Crippen LogP contribution is -2.18. The van der Waals surface area contributed by atoms with E-state index in [1.165, 1.54) is 11.1 Å². The number of ether oxygens (including phenoxy) is 2. The van der Waals surface area contributed by atoms with Crippen LogP contribution in [0.15, 0.2) is 48.5 Å². The van der Waals surface area contributed by atoms with Crippen molar-refractivity contribution in [1.82, 2.24) is 5.32 Å². The van der Waals surface area contributed by atoms with Gasteiger partial charge in [0.05, 0.1) is 13.7 Å². The van der Waals surface area contributed by atoms with E-state index >= 15 is 0 Å². The van der Waals surface area contributed by atoms with Crippen LogP contribution < -0.4 is 14.8 Å². The predicted molar refractivity (Wildman–Crippen MR) is 95.0 cm³/mol. The van der Waals surface area contributed by atoms with E-state index in [1.54, 1.807) is 7.11 Å². The lowest BCUT2D eigenvalue weighted by atomic mass is 10.1. The maximum Gasteiger partial charge on any atom is 0.161 e. The minimum absolute atomic E-state index is 0.305. The summed E-state index contributed by atoms with van der Waals surface area (Å²) in [6, 6.07) is 16.9. The van der Waals surface area contributed by atoms with Crippen molar-refractivity contribution < 1.29 is 9.47 Å². The summed E-state index contributed by atoms with van der Waals surface area (Å²) in [6.45, 7) is 7.92. The minimum Gasteiger partial charge on any atom is -0.493 e. The molecule has 124 valence electrons. The molecule has 0 saturated carbocycles. The van der Waals surface area contributed by atoms with E-state index in [4.69, 9.17) is 9.47 Å². The van der Waals surface area contributed by atoms with Gasteiger partial charge in [-0.1, -0.05) is 50.2 Å². The Kier molecular flexibility index (Phi) is 6.48. The third kappa shape index (κ3) is 5.29. The van der Waals surface area contributed by atoms with Crippen molar-refractivity contribution in [1.29, 1.82) is 0 Å². The van der Waals surface area contributed by atoms with E-state index in [0.717, 1.165) is 18.0 Å². The maximum atomic E-state index is 5.79. The number of hydrogen-bond acceptors (Lipinski definition) is 3. The van der Waals surface area contributed by atoms with Crippen LogP contribution in [0.2, 0.25) is 0 Å². The third-order valence-electron chi connectivity index (χ3n) is 3.71. The average Bonchev–Trinajstić information content (AvgIpc) is 2.58. The lowest BCUT2D eigenvalue weighted by Gasteiger charge is -2.16. The molecule has 0 aliphatic heterocycles. The minimum atomic E-state index is 0.305. The van der Waals surface area contributed by atoms with Crippen molar-refractivity contribution in [2.75, 3.05) is 13.7 Å². The monoisotopic (exact) mass is 313 g/mol. The molecule has 0 saturated heterocycles. The summed E-state index contributed by atoms with van der Waals surface area (Å²) in [7, 11) is 1.68. The summed E-state index contributed by atoms with van der Waals surface area (Å²) < 4.78 is 11.3. The molecular formula is C20H27NO2. The molecule has 1 N–H and O–H groups in total. The maximum absolute atomic E-state index is 5.79. The molecule has 2 rings (SSSR count). The molecule has 0 aromatic heterocycles. The molecule has 0 bridgehead atoms. The first-order chi connectivity index (χ1) is 11.1. The predicted octanol–water partition coefficient (Wildman–Crippen LogP) is 4.58. The quantitative estimate of drug-likeness (QED) is 0.773. The van der Waals surface area contributed by atoms with Gasteiger partial charge in [0.1, 0.15) is 0 Å². The summed E-state index contributed by atoms with van der Waals surface area (Å²) in [6.07, 6.45) is 0. The molecule has 2 aromatic carbocycles. The van der Waals surface area contributed by atoms with Crippen molar-refractivity contribution >= 4 is 0 Å². The molecule has 23 heavy (non-hydrogen) atoms. The second kappa shape index (κ2) is 8.59. The van der Waals surface area contributed by atoms with Crippen molar-refractivity contribution in [3.8, 4) is 11.5 Å². The molecule has 1 unspecified atom stereocenters. The van der Waals surface area contributed by atoms with Crippen LogP contribution in [0.5, 0.6) is 11.5 Å². The van der Waals surface area contributed by atoms with Crippen LogP contribution in [0, 0.1) is 5.92 Å². The molecule has 3 heteroatoms. The Morgan fingerprint density at radius 1 is 0.957 bits per heavy atom. The first kappa shape index (κ1) is 17.4. The average molecular weight is 313 g/mol. The summed E-state index contributed by atoms with van der Waals surface area (Å²) in [4.78, 5) is 0. The van der Waals surface area contributed by atoms with Gasteiger partial charge >= 0.3 is 0 Å². The van der Waals surface area contributed by atoms with Crippen molar-refractivity contribution in [3.63, 3.8) is 0 Å². The van der Waals surface area contributed by atoms with Crippen molar-refractivity contribution in [3.05, 3.63) is 59.7 Å². The Bertz CT molecular complexity index is 596. The molecule has 0 amide bonds. The molecule has 0 aliphatic carbocycles. The number of rotatable bonds is 8. The lowest BCUT2D eigenvalue weighted by molar-refractivity contribution is 0.256. The van der Waals surface area contributed by atoms with Crippen molar-refractivity contribution in [2.45, 2.75) is 33.4 Å². The highest BCUT2D eigenvalue weighted by molar-refractivity contribution is 5.43. The van der Waals surface area contributed by atoms with Crippen molar-refractivity contribution in [2.24, 2.45) is 5.92 Å². The van der Waals surface area contributed by atoms with Crippen LogP contribution in [-0.4, -0.2) is 13.7 Å². The fraction of sp³-hybridized carbons (Fsp3) is 0.400. The van der Waals surface area contributed by atoms with E-state index in [1.807, 2.05) is 18.2 Å². The molecule has 1 atom stereocenters. The van der Waals surface area contributed by atoms with Gasteiger partial charge < -0.3 is 14.8 Å². The van der Waals surface area contributed by atoms with E-state index in [2.05, 4.69) is 56.4 Å². The van der Waals surface area contributed by atoms with E-state index < -0.39 is 0 Å². The Hall–Kier alpha value is -2.00. The van der Waals surface area contributed by atoms with Gasteiger partial charge in [-0.05, 0) is 36.1 Å². The van der Waals surface area contributed by atoms with Gasteiger partial charge in [-0.25, -0.2) is 0 Å². The van der Waals surface area contributed by atoms with Gasteiger partial charge in [0, 0.05) is 12.6 Å². The van der Waals surface area contributed by atoms with Gasteiger partial charge in [-0.3, -0.25) is 0 Å². The molecule has 0 spiro atoms. The molecule has 0 fully saturated rings. The van der Waals surface area contributed by atoms with E-state index in [-0.39, 0.29) is 0 Å². The van der Waals surface area contributed by atoms with Crippen LogP contribution in [0.25, 0.3) is 0 Å². The first-order valence-corrected chi connectivity index (χ1v) is 8.18. The smallest absolute Gasteiger partial charge is 0.161 e. The van der Waals surface area contributed by atoms with Crippen LogP contribution in [0.4, 0.5) is 0 Å². The van der Waals surface area contributed by atoms with Crippen LogP contribution in [0.3, 0.4) is 0 Å². The zero-order valence-electron chi connectivity index (χ0n) is 14.5. The Morgan fingerprint density at radius 3 is 2.35 bits per heavy atom. The van der Waals surface area contributed by atoms with Gasteiger partial charge in [0.25, 0.3) is 0 Å². The Morgan fingerprint density at radius 2 is 1.70 bits per heavy atom. The molecule has 2 aromatic rings. The van der Waals surface area contributed by atoms with E-state index in [0.29, 0.717) is 18.6 Å². The third-order valence-corrected chi connectivity index (χ3v) is 3.71. The van der Waals surface area contributed by atoms with Crippen LogP contribution >= 0.6 is 0 Å². The fourth-order valence-electron chi connectivity index (χ4n) is 2.33. The summed E-state index contributed by atoms with van der Waals surface area (Å²) in [5.74, 6) is 2.09. The zero-order chi connectivity index (χ0) is 16.7. The van der Waals surface area contributed by atoms with E-state index in [9.17, 15) is 0 Å². The zero-order valence-corrected chi connectivity index (χ0v) is 14.5. The largest absolute Gasteiger partial charge is 0.493 e. The summed E-state index contributed by atoms with van der Waals surface area (Å²) >= 11 is 0. The second-order valence-electron chi connectivity index (χ2n) is 6.20. The second-order valence-corrected chi connectivity index (χ2v) is 6.20. The Labute approximate surface area is 139 Å². The SMILES string of the molecule is COc1cc(CNC(C)c2ccccc2)ccc1OCC(C)C.